The highest BCUT2D eigenvalue weighted by Crippen LogP contribution is 2.32. The van der Waals surface area contributed by atoms with Crippen LogP contribution in [0.25, 0.3) is 0 Å². The van der Waals surface area contributed by atoms with Gasteiger partial charge in [-0.2, -0.15) is 0 Å². The number of hydrogen-bond acceptors (Lipinski definition) is 4. The normalized spacial score (nSPS) is 14.5. The first-order valence-corrected chi connectivity index (χ1v) is 12.7. The SMILES string of the molecule is CCCS(=O)(=O)N1CCCc2ccc(NS(=O)(=O)CCc3ccccc3)cc21. The smallest absolute Gasteiger partial charge is 0.235 e. The van der Waals surface area contributed by atoms with Crippen molar-refractivity contribution in [3.05, 3.63) is 59.7 Å². The second-order valence-corrected chi connectivity index (χ2v) is 10.8. The van der Waals surface area contributed by atoms with Gasteiger partial charge in [0.15, 0.2) is 0 Å². The summed E-state index contributed by atoms with van der Waals surface area (Å²) in [5.74, 6) is 0.0470. The molecule has 0 aliphatic carbocycles. The second-order valence-electron chi connectivity index (χ2n) is 6.99. The molecule has 152 valence electrons. The van der Waals surface area contributed by atoms with Crippen molar-refractivity contribution in [3.8, 4) is 0 Å². The van der Waals surface area contributed by atoms with Gasteiger partial charge in [0, 0.05) is 6.54 Å². The number of benzene rings is 2. The Bertz CT molecular complexity index is 1020. The molecule has 0 fully saturated rings. The van der Waals surface area contributed by atoms with E-state index in [1.165, 1.54) is 4.31 Å². The molecule has 0 spiro atoms. The van der Waals surface area contributed by atoms with E-state index in [2.05, 4.69) is 4.72 Å². The predicted octanol–water partition coefficient (Wildman–Crippen LogP) is 3.16. The summed E-state index contributed by atoms with van der Waals surface area (Å²) in [6, 6.07) is 14.6. The van der Waals surface area contributed by atoms with E-state index in [0.29, 0.717) is 30.8 Å². The van der Waals surface area contributed by atoms with Crippen molar-refractivity contribution in [1.82, 2.24) is 0 Å². The monoisotopic (exact) mass is 422 g/mol. The van der Waals surface area contributed by atoms with E-state index in [1.54, 1.807) is 12.1 Å². The van der Waals surface area contributed by atoms with Crippen molar-refractivity contribution in [1.29, 1.82) is 0 Å². The Kier molecular flexibility index (Phi) is 6.30. The van der Waals surface area contributed by atoms with Gasteiger partial charge in [-0.25, -0.2) is 16.8 Å². The van der Waals surface area contributed by atoms with E-state index in [-0.39, 0.29) is 11.5 Å². The van der Waals surface area contributed by atoms with Gasteiger partial charge in [0.05, 0.1) is 22.9 Å². The third-order valence-corrected chi connectivity index (χ3v) is 8.00. The lowest BCUT2D eigenvalue weighted by Crippen LogP contribution is -2.37. The number of anilines is 2. The Balaban J connectivity index is 1.78. The van der Waals surface area contributed by atoms with Crippen LogP contribution >= 0.6 is 0 Å². The fourth-order valence-corrected chi connectivity index (χ4v) is 6.09. The van der Waals surface area contributed by atoms with Crippen molar-refractivity contribution < 1.29 is 16.8 Å². The van der Waals surface area contributed by atoms with Crippen LogP contribution in [0.2, 0.25) is 0 Å². The zero-order valence-electron chi connectivity index (χ0n) is 16.0. The van der Waals surface area contributed by atoms with E-state index in [0.717, 1.165) is 24.0 Å². The molecule has 1 aliphatic heterocycles. The van der Waals surface area contributed by atoms with E-state index in [4.69, 9.17) is 0 Å². The van der Waals surface area contributed by atoms with Crippen LogP contribution in [0.4, 0.5) is 11.4 Å². The Labute approximate surface area is 167 Å². The zero-order valence-corrected chi connectivity index (χ0v) is 17.6. The number of nitrogens with zero attached hydrogens (tertiary/aromatic N) is 1. The van der Waals surface area contributed by atoms with Crippen molar-refractivity contribution in [2.24, 2.45) is 0 Å². The number of sulfonamides is 2. The van der Waals surface area contributed by atoms with Gasteiger partial charge in [-0.3, -0.25) is 9.03 Å². The molecular formula is C20H26N2O4S2. The molecule has 2 aromatic carbocycles. The summed E-state index contributed by atoms with van der Waals surface area (Å²) in [6.07, 6.45) is 2.50. The van der Waals surface area contributed by atoms with Crippen LogP contribution in [0.15, 0.2) is 48.5 Å². The molecule has 1 N–H and O–H groups in total. The molecule has 0 saturated heterocycles. The van der Waals surface area contributed by atoms with Gasteiger partial charge < -0.3 is 0 Å². The van der Waals surface area contributed by atoms with Crippen molar-refractivity contribution >= 4 is 31.4 Å². The third kappa shape index (κ3) is 5.05. The summed E-state index contributed by atoms with van der Waals surface area (Å²) in [5, 5.41) is 0. The van der Waals surface area contributed by atoms with Crippen LogP contribution in [0.3, 0.4) is 0 Å². The van der Waals surface area contributed by atoms with Crippen LogP contribution in [0, 0.1) is 0 Å². The van der Waals surface area contributed by atoms with Crippen LogP contribution in [-0.4, -0.2) is 34.9 Å². The van der Waals surface area contributed by atoms with Crippen LogP contribution in [0.1, 0.15) is 30.9 Å². The minimum absolute atomic E-state index is 0.0358. The lowest BCUT2D eigenvalue weighted by Gasteiger charge is -2.31. The van der Waals surface area contributed by atoms with Crippen molar-refractivity contribution in [2.45, 2.75) is 32.6 Å². The fourth-order valence-electron chi connectivity index (χ4n) is 3.39. The van der Waals surface area contributed by atoms with Gasteiger partial charge in [0.2, 0.25) is 20.0 Å². The van der Waals surface area contributed by atoms with Crippen LogP contribution in [0.5, 0.6) is 0 Å². The predicted molar refractivity (Wildman–Crippen MR) is 114 cm³/mol. The number of rotatable bonds is 8. The molecular weight excluding hydrogens is 396 g/mol. The van der Waals surface area contributed by atoms with Gasteiger partial charge in [-0.05, 0) is 48.9 Å². The Morgan fingerprint density at radius 1 is 1.00 bits per heavy atom. The first kappa shape index (κ1) is 20.7. The highest BCUT2D eigenvalue weighted by atomic mass is 32.2. The molecule has 0 saturated carbocycles. The summed E-state index contributed by atoms with van der Waals surface area (Å²) in [7, 11) is -6.94. The lowest BCUT2D eigenvalue weighted by molar-refractivity contribution is 0.585. The molecule has 2 aromatic rings. The quantitative estimate of drug-likeness (QED) is 0.708. The first-order chi connectivity index (χ1) is 13.3. The maximum absolute atomic E-state index is 12.6. The highest BCUT2D eigenvalue weighted by molar-refractivity contribution is 7.93. The summed E-state index contributed by atoms with van der Waals surface area (Å²) in [5.41, 5.74) is 2.86. The van der Waals surface area contributed by atoms with Gasteiger partial charge >= 0.3 is 0 Å². The van der Waals surface area contributed by atoms with Gasteiger partial charge in [0.1, 0.15) is 0 Å². The first-order valence-electron chi connectivity index (χ1n) is 9.48. The summed E-state index contributed by atoms with van der Waals surface area (Å²) in [6.45, 7) is 2.26. The number of hydrogen-bond donors (Lipinski definition) is 1. The van der Waals surface area contributed by atoms with Gasteiger partial charge in [-0.1, -0.05) is 43.3 Å². The average molecular weight is 423 g/mol. The molecule has 6 nitrogen and oxygen atoms in total. The molecule has 3 rings (SSSR count). The molecule has 1 heterocycles. The molecule has 28 heavy (non-hydrogen) atoms. The number of aryl methyl sites for hydroxylation is 2. The average Bonchev–Trinajstić information content (AvgIpc) is 2.66. The molecule has 0 aromatic heterocycles. The minimum Gasteiger partial charge on any atom is -0.283 e. The fraction of sp³-hybridized carbons (Fsp3) is 0.400. The lowest BCUT2D eigenvalue weighted by atomic mass is 10.0. The Hall–Kier alpha value is -2.06. The molecule has 8 heteroatoms. The number of fused-ring (bicyclic) bond motifs is 1. The Morgan fingerprint density at radius 3 is 2.46 bits per heavy atom. The molecule has 0 amide bonds. The molecule has 0 unspecified atom stereocenters. The largest absolute Gasteiger partial charge is 0.283 e. The summed E-state index contributed by atoms with van der Waals surface area (Å²) >= 11 is 0. The summed E-state index contributed by atoms with van der Waals surface area (Å²) in [4.78, 5) is 0. The van der Waals surface area contributed by atoms with Crippen molar-refractivity contribution in [3.63, 3.8) is 0 Å². The minimum atomic E-state index is -3.54. The van der Waals surface area contributed by atoms with Crippen molar-refractivity contribution in [2.75, 3.05) is 27.1 Å². The number of nitrogens with one attached hydrogen (secondary N) is 1. The van der Waals surface area contributed by atoms with Gasteiger partial charge in [-0.15, -0.1) is 0 Å². The molecule has 0 radical (unpaired) electrons. The van der Waals surface area contributed by atoms with E-state index < -0.39 is 20.0 Å². The molecule has 0 bridgehead atoms. The highest BCUT2D eigenvalue weighted by Gasteiger charge is 2.27. The van der Waals surface area contributed by atoms with E-state index in [1.807, 2.05) is 43.3 Å². The van der Waals surface area contributed by atoms with Gasteiger partial charge in [0.25, 0.3) is 0 Å². The van der Waals surface area contributed by atoms with E-state index in [9.17, 15) is 16.8 Å². The zero-order chi connectivity index (χ0) is 20.2. The maximum atomic E-state index is 12.6. The third-order valence-electron chi connectivity index (χ3n) is 4.73. The standard InChI is InChI=1S/C20H26N2O4S2/c1-2-14-28(25,26)22-13-6-9-18-10-11-19(16-20(18)22)21-27(23,24)15-12-17-7-4-3-5-8-17/h3-5,7-8,10-11,16,21H,2,6,9,12-15H2,1H3. The maximum Gasteiger partial charge on any atom is 0.235 e. The topological polar surface area (TPSA) is 83.6 Å². The molecule has 0 atom stereocenters. The van der Waals surface area contributed by atoms with Crippen LogP contribution in [-0.2, 0) is 32.9 Å². The Morgan fingerprint density at radius 2 is 1.75 bits per heavy atom. The summed E-state index contributed by atoms with van der Waals surface area (Å²) < 4.78 is 54.2. The van der Waals surface area contributed by atoms with Crippen LogP contribution < -0.4 is 9.03 Å². The molecule has 1 aliphatic rings. The second kappa shape index (κ2) is 8.53. The van der Waals surface area contributed by atoms with E-state index >= 15 is 0 Å².